The predicted octanol–water partition coefficient (Wildman–Crippen LogP) is 1.60. The Morgan fingerprint density at radius 2 is 1.85 bits per heavy atom. The molecular formula is C11H22N2. The van der Waals surface area contributed by atoms with Gasteiger partial charge in [-0.15, -0.1) is 0 Å². The highest BCUT2D eigenvalue weighted by atomic mass is 15.1. The molecule has 0 aromatic rings. The van der Waals surface area contributed by atoms with E-state index in [1.807, 2.05) is 0 Å². The molecule has 0 bridgehead atoms. The fourth-order valence-electron chi connectivity index (χ4n) is 2.79. The summed E-state index contributed by atoms with van der Waals surface area (Å²) in [6, 6.07) is 0.509. The Morgan fingerprint density at radius 3 is 2.46 bits per heavy atom. The minimum atomic E-state index is 0.509. The van der Waals surface area contributed by atoms with Crippen LogP contribution in [0.3, 0.4) is 0 Å². The summed E-state index contributed by atoms with van der Waals surface area (Å²) in [7, 11) is 0. The van der Waals surface area contributed by atoms with E-state index in [0.29, 0.717) is 6.04 Å². The first-order chi connectivity index (χ1) is 6.34. The van der Waals surface area contributed by atoms with Crippen molar-refractivity contribution in [2.24, 2.45) is 11.7 Å². The Bertz CT molecular complexity index is 149. The van der Waals surface area contributed by atoms with Gasteiger partial charge in [-0.05, 0) is 51.1 Å². The van der Waals surface area contributed by atoms with Gasteiger partial charge in [0.05, 0.1) is 0 Å². The van der Waals surface area contributed by atoms with E-state index in [2.05, 4.69) is 4.90 Å². The number of nitrogens with two attached hydrogens (primary N) is 1. The molecule has 2 nitrogen and oxygen atoms in total. The van der Waals surface area contributed by atoms with Gasteiger partial charge in [0.1, 0.15) is 0 Å². The highest BCUT2D eigenvalue weighted by Gasteiger charge is 2.24. The van der Waals surface area contributed by atoms with Crippen LogP contribution in [-0.4, -0.2) is 30.6 Å². The Morgan fingerprint density at radius 1 is 1.08 bits per heavy atom. The average Bonchev–Trinajstić information content (AvgIpc) is 2.53. The Labute approximate surface area is 81.5 Å². The number of hydrogen-bond acceptors (Lipinski definition) is 2. The molecule has 2 aliphatic rings. The first kappa shape index (κ1) is 9.47. The summed E-state index contributed by atoms with van der Waals surface area (Å²) in [6.45, 7) is 4.01. The molecule has 1 saturated carbocycles. The molecule has 0 unspecified atom stereocenters. The van der Waals surface area contributed by atoms with Gasteiger partial charge in [-0.1, -0.05) is 6.42 Å². The third kappa shape index (κ3) is 2.68. The van der Waals surface area contributed by atoms with E-state index in [4.69, 9.17) is 5.73 Å². The van der Waals surface area contributed by atoms with Gasteiger partial charge in [0.25, 0.3) is 0 Å². The molecule has 2 heteroatoms. The van der Waals surface area contributed by atoms with Crippen molar-refractivity contribution >= 4 is 0 Å². The Kier molecular flexibility index (Phi) is 3.23. The molecule has 1 saturated heterocycles. The smallest absolute Gasteiger partial charge is 0.00420 e. The van der Waals surface area contributed by atoms with E-state index >= 15 is 0 Å². The lowest BCUT2D eigenvalue weighted by atomic mass is 10.0. The van der Waals surface area contributed by atoms with Crippen LogP contribution in [0.25, 0.3) is 0 Å². The molecule has 76 valence electrons. The normalized spacial score (nSPS) is 36.7. The molecule has 2 N–H and O–H groups in total. The largest absolute Gasteiger partial charge is 0.328 e. The zero-order valence-corrected chi connectivity index (χ0v) is 8.54. The maximum atomic E-state index is 5.91. The molecule has 0 radical (unpaired) electrons. The number of hydrogen-bond donors (Lipinski definition) is 1. The second kappa shape index (κ2) is 4.43. The minimum Gasteiger partial charge on any atom is -0.328 e. The van der Waals surface area contributed by atoms with Crippen molar-refractivity contribution in [2.75, 3.05) is 19.6 Å². The van der Waals surface area contributed by atoms with Crippen LogP contribution < -0.4 is 5.73 Å². The lowest BCUT2D eigenvalue weighted by Crippen LogP contribution is -2.34. The van der Waals surface area contributed by atoms with E-state index in [0.717, 1.165) is 5.92 Å². The first-order valence-electron chi connectivity index (χ1n) is 5.82. The van der Waals surface area contributed by atoms with Crippen LogP contribution in [0.4, 0.5) is 0 Å². The molecule has 0 amide bonds. The van der Waals surface area contributed by atoms with Gasteiger partial charge < -0.3 is 10.6 Å². The average molecular weight is 182 g/mol. The highest BCUT2D eigenvalue weighted by molar-refractivity contribution is 4.80. The zero-order chi connectivity index (χ0) is 9.10. The number of nitrogens with zero attached hydrogens (tertiary/aromatic N) is 1. The van der Waals surface area contributed by atoms with Crippen LogP contribution in [0.15, 0.2) is 0 Å². The van der Waals surface area contributed by atoms with Crippen LogP contribution in [0.2, 0.25) is 0 Å². The molecule has 13 heavy (non-hydrogen) atoms. The summed E-state index contributed by atoms with van der Waals surface area (Å²) in [6.07, 6.45) is 8.19. The van der Waals surface area contributed by atoms with Gasteiger partial charge in [-0.25, -0.2) is 0 Å². The molecule has 2 atom stereocenters. The summed E-state index contributed by atoms with van der Waals surface area (Å²) in [4.78, 5) is 2.65. The summed E-state index contributed by atoms with van der Waals surface area (Å²) in [5, 5.41) is 0. The van der Waals surface area contributed by atoms with Crippen molar-refractivity contribution < 1.29 is 0 Å². The van der Waals surface area contributed by atoms with E-state index in [1.54, 1.807) is 0 Å². The van der Waals surface area contributed by atoms with Gasteiger partial charge in [0.15, 0.2) is 0 Å². The molecule has 1 aliphatic heterocycles. The predicted molar refractivity (Wildman–Crippen MR) is 55.6 cm³/mol. The van der Waals surface area contributed by atoms with Gasteiger partial charge in [0.2, 0.25) is 0 Å². The van der Waals surface area contributed by atoms with E-state index in [1.165, 1.54) is 58.2 Å². The standard InChI is InChI=1S/C11H22N2/c12-11-5-4-10(8-11)9-13-6-2-1-3-7-13/h10-11H,1-9,12H2/t10-,11+/m1/s1. The number of piperidine rings is 1. The molecule has 0 aromatic carbocycles. The summed E-state index contributed by atoms with van der Waals surface area (Å²) < 4.78 is 0. The molecule has 2 rings (SSSR count). The third-order valence-corrected chi connectivity index (χ3v) is 3.55. The Hall–Kier alpha value is -0.0800. The topological polar surface area (TPSA) is 29.3 Å². The van der Waals surface area contributed by atoms with Gasteiger partial charge in [-0.3, -0.25) is 0 Å². The van der Waals surface area contributed by atoms with Crippen LogP contribution in [0, 0.1) is 5.92 Å². The molecular weight excluding hydrogens is 160 g/mol. The fourth-order valence-corrected chi connectivity index (χ4v) is 2.79. The van der Waals surface area contributed by atoms with Crippen LogP contribution >= 0.6 is 0 Å². The second-order valence-corrected chi connectivity index (χ2v) is 4.80. The number of rotatable bonds is 2. The molecule has 0 spiro atoms. The van der Waals surface area contributed by atoms with E-state index < -0.39 is 0 Å². The maximum Gasteiger partial charge on any atom is 0.00420 e. The second-order valence-electron chi connectivity index (χ2n) is 4.80. The molecule has 2 fully saturated rings. The zero-order valence-electron chi connectivity index (χ0n) is 8.54. The lowest BCUT2D eigenvalue weighted by molar-refractivity contribution is 0.196. The van der Waals surface area contributed by atoms with Crippen molar-refractivity contribution in [3.8, 4) is 0 Å². The molecule has 1 heterocycles. The van der Waals surface area contributed by atoms with E-state index in [-0.39, 0.29) is 0 Å². The maximum absolute atomic E-state index is 5.91. The van der Waals surface area contributed by atoms with Crippen molar-refractivity contribution in [3.05, 3.63) is 0 Å². The fraction of sp³-hybridized carbons (Fsp3) is 1.00. The quantitative estimate of drug-likeness (QED) is 0.703. The van der Waals surface area contributed by atoms with Crippen LogP contribution in [0.1, 0.15) is 38.5 Å². The molecule has 1 aliphatic carbocycles. The third-order valence-electron chi connectivity index (χ3n) is 3.55. The SMILES string of the molecule is N[C@H]1CC[C@@H](CN2CCCCC2)C1. The van der Waals surface area contributed by atoms with E-state index in [9.17, 15) is 0 Å². The summed E-state index contributed by atoms with van der Waals surface area (Å²) >= 11 is 0. The minimum absolute atomic E-state index is 0.509. The molecule has 0 aromatic heterocycles. The highest BCUT2D eigenvalue weighted by Crippen LogP contribution is 2.25. The Balaban J connectivity index is 1.71. The van der Waals surface area contributed by atoms with Crippen molar-refractivity contribution in [1.82, 2.24) is 4.90 Å². The summed E-state index contributed by atoms with van der Waals surface area (Å²) in [5.41, 5.74) is 5.91. The van der Waals surface area contributed by atoms with Gasteiger partial charge in [0, 0.05) is 12.6 Å². The first-order valence-corrected chi connectivity index (χ1v) is 5.82. The van der Waals surface area contributed by atoms with Gasteiger partial charge in [-0.2, -0.15) is 0 Å². The van der Waals surface area contributed by atoms with Crippen molar-refractivity contribution in [2.45, 2.75) is 44.6 Å². The van der Waals surface area contributed by atoms with Crippen molar-refractivity contribution in [1.29, 1.82) is 0 Å². The lowest BCUT2D eigenvalue weighted by Gasteiger charge is -2.28. The van der Waals surface area contributed by atoms with Crippen LogP contribution in [0.5, 0.6) is 0 Å². The van der Waals surface area contributed by atoms with Crippen LogP contribution in [-0.2, 0) is 0 Å². The monoisotopic (exact) mass is 182 g/mol. The van der Waals surface area contributed by atoms with Gasteiger partial charge >= 0.3 is 0 Å². The van der Waals surface area contributed by atoms with Crippen molar-refractivity contribution in [3.63, 3.8) is 0 Å². The summed E-state index contributed by atoms with van der Waals surface area (Å²) in [5.74, 6) is 0.910. The number of likely N-dealkylation sites (tertiary alicyclic amines) is 1.